The molecule has 1 heterocycles. The van der Waals surface area contributed by atoms with E-state index in [9.17, 15) is 9.90 Å². The molecular formula is C32H26N2O6. The van der Waals surface area contributed by atoms with Crippen LogP contribution in [0.5, 0.6) is 17.2 Å². The van der Waals surface area contributed by atoms with E-state index in [0.29, 0.717) is 34.5 Å². The van der Waals surface area contributed by atoms with Gasteiger partial charge in [-0.1, -0.05) is 65.8 Å². The van der Waals surface area contributed by atoms with Gasteiger partial charge in [0.15, 0.2) is 5.71 Å². The highest BCUT2D eigenvalue weighted by Gasteiger charge is 2.15. The van der Waals surface area contributed by atoms with E-state index in [-0.39, 0.29) is 18.9 Å². The van der Waals surface area contributed by atoms with Gasteiger partial charge in [-0.2, -0.15) is 0 Å². The van der Waals surface area contributed by atoms with E-state index in [4.69, 9.17) is 18.7 Å². The summed E-state index contributed by atoms with van der Waals surface area (Å²) in [6.45, 7) is 2.20. The fraction of sp³-hybridized carbons (Fsp3) is 0.0938. The minimum Gasteiger partial charge on any atom is -0.487 e. The SMILES string of the molecule is Cc1oc(-c2ccccc2)nc1COc1ccc(CON=C(C(=O)O)c2cccc(Oc3ccccc3)c2)cc1. The average Bonchev–Trinajstić information content (AvgIpc) is 3.36. The number of hydrogen-bond acceptors (Lipinski definition) is 7. The van der Waals surface area contributed by atoms with Gasteiger partial charge < -0.3 is 23.8 Å². The van der Waals surface area contributed by atoms with E-state index in [0.717, 1.165) is 16.8 Å². The quantitative estimate of drug-likeness (QED) is 0.143. The molecule has 1 aromatic heterocycles. The second-order valence-corrected chi connectivity index (χ2v) is 8.78. The highest BCUT2D eigenvalue weighted by Crippen LogP contribution is 2.24. The third-order valence-electron chi connectivity index (χ3n) is 5.89. The first-order valence-electron chi connectivity index (χ1n) is 12.6. The van der Waals surface area contributed by atoms with Gasteiger partial charge >= 0.3 is 5.97 Å². The molecule has 8 nitrogen and oxygen atoms in total. The summed E-state index contributed by atoms with van der Waals surface area (Å²) in [6.07, 6.45) is 0. The number of oxime groups is 1. The third-order valence-corrected chi connectivity index (χ3v) is 5.89. The number of carboxylic acid groups (broad SMARTS) is 1. The van der Waals surface area contributed by atoms with Gasteiger partial charge in [-0.15, -0.1) is 0 Å². The van der Waals surface area contributed by atoms with E-state index in [1.54, 1.807) is 36.4 Å². The molecule has 0 unspecified atom stereocenters. The topological polar surface area (TPSA) is 103 Å². The van der Waals surface area contributed by atoms with Crippen LogP contribution in [0.1, 0.15) is 22.6 Å². The number of carbonyl (C=O) groups is 1. The minimum atomic E-state index is -1.21. The van der Waals surface area contributed by atoms with Gasteiger partial charge in [0.2, 0.25) is 5.89 Å². The second-order valence-electron chi connectivity index (χ2n) is 8.78. The summed E-state index contributed by atoms with van der Waals surface area (Å²) in [5.41, 5.74) is 2.56. The number of rotatable bonds is 11. The van der Waals surface area contributed by atoms with Crippen LogP contribution in [0.25, 0.3) is 11.5 Å². The average molecular weight is 535 g/mol. The van der Waals surface area contributed by atoms with Crippen molar-refractivity contribution in [1.29, 1.82) is 0 Å². The lowest BCUT2D eigenvalue weighted by Crippen LogP contribution is -2.15. The van der Waals surface area contributed by atoms with Gasteiger partial charge in [0.05, 0.1) is 0 Å². The number of hydrogen-bond donors (Lipinski definition) is 1. The van der Waals surface area contributed by atoms with Crippen LogP contribution in [0, 0.1) is 6.92 Å². The predicted molar refractivity (Wildman–Crippen MR) is 149 cm³/mol. The molecule has 0 aliphatic carbocycles. The molecule has 0 saturated carbocycles. The second kappa shape index (κ2) is 12.4. The first-order valence-corrected chi connectivity index (χ1v) is 12.6. The van der Waals surface area contributed by atoms with Crippen molar-refractivity contribution >= 4 is 11.7 Å². The van der Waals surface area contributed by atoms with Crippen molar-refractivity contribution in [3.63, 3.8) is 0 Å². The van der Waals surface area contributed by atoms with Gasteiger partial charge in [0.1, 0.15) is 41.9 Å². The summed E-state index contributed by atoms with van der Waals surface area (Å²) in [5, 5.41) is 13.6. The summed E-state index contributed by atoms with van der Waals surface area (Å²) in [6, 6.07) is 32.9. The monoisotopic (exact) mass is 534 g/mol. The Morgan fingerprint density at radius 1 is 0.825 bits per heavy atom. The zero-order chi connectivity index (χ0) is 27.7. The number of aliphatic carboxylic acids is 1. The molecule has 4 aromatic carbocycles. The summed E-state index contributed by atoms with van der Waals surface area (Å²) < 4.78 is 17.5. The first-order chi connectivity index (χ1) is 19.5. The molecule has 0 saturated heterocycles. The molecule has 0 aliphatic rings. The van der Waals surface area contributed by atoms with Crippen LogP contribution >= 0.6 is 0 Å². The number of oxazole rings is 1. The van der Waals surface area contributed by atoms with Gasteiger partial charge in [-0.05, 0) is 61.0 Å². The molecule has 0 fully saturated rings. The maximum atomic E-state index is 11.9. The number of aryl methyl sites for hydroxylation is 1. The summed E-state index contributed by atoms with van der Waals surface area (Å²) in [5.74, 6) is 1.83. The van der Waals surface area contributed by atoms with Crippen LogP contribution < -0.4 is 9.47 Å². The zero-order valence-corrected chi connectivity index (χ0v) is 21.7. The van der Waals surface area contributed by atoms with E-state index in [1.807, 2.05) is 79.7 Å². The Bertz CT molecular complexity index is 1600. The Kier molecular flexibility index (Phi) is 8.17. The van der Waals surface area contributed by atoms with Crippen molar-refractivity contribution < 1.29 is 28.6 Å². The summed E-state index contributed by atoms with van der Waals surface area (Å²) in [7, 11) is 0. The Morgan fingerprint density at radius 3 is 2.25 bits per heavy atom. The molecule has 8 heteroatoms. The molecule has 200 valence electrons. The minimum absolute atomic E-state index is 0.0834. The van der Waals surface area contributed by atoms with Crippen molar-refractivity contribution in [3.8, 4) is 28.7 Å². The summed E-state index contributed by atoms with van der Waals surface area (Å²) >= 11 is 0. The van der Waals surface area contributed by atoms with Gasteiger partial charge in [-0.25, -0.2) is 9.78 Å². The van der Waals surface area contributed by atoms with Crippen LogP contribution in [0.2, 0.25) is 0 Å². The molecular weight excluding hydrogens is 508 g/mol. The standard InChI is InChI=1S/C32H26N2O6/c1-22-29(33-31(39-22)24-9-4-2-5-10-24)21-37-26-17-15-23(16-18-26)20-38-34-30(32(35)36)25-11-8-14-28(19-25)40-27-12-6-3-7-13-27/h2-19H,20-21H2,1H3,(H,35,36). The number of ether oxygens (including phenoxy) is 2. The van der Waals surface area contributed by atoms with E-state index in [2.05, 4.69) is 10.1 Å². The molecule has 0 radical (unpaired) electrons. The molecule has 1 N–H and O–H groups in total. The van der Waals surface area contributed by atoms with E-state index < -0.39 is 5.97 Å². The Labute approximate surface area is 231 Å². The van der Waals surface area contributed by atoms with Crippen LogP contribution in [-0.4, -0.2) is 21.8 Å². The molecule has 5 aromatic rings. The predicted octanol–water partition coefficient (Wildman–Crippen LogP) is 7.03. The number of benzene rings is 4. The fourth-order valence-electron chi connectivity index (χ4n) is 3.82. The highest BCUT2D eigenvalue weighted by atomic mass is 16.6. The first kappa shape index (κ1) is 26.2. The molecule has 0 amide bonds. The van der Waals surface area contributed by atoms with Crippen molar-refractivity contribution in [2.75, 3.05) is 0 Å². The Morgan fingerprint density at radius 2 is 1.52 bits per heavy atom. The van der Waals surface area contributed by atoms with Crippen LogP contribution in [-0.2, 0) is 22.8 Å². The molecule has 0 bridgehead atoms. The van der Waals surface area contributed by atoms with Crippen LogP contribution in [0.3, 0.4) is 0 Å². The summed E-state index contributed by atoms with van der Waals surface area (Å²) in [4.78, 5) is 21.8. The maximum absolute atomic E-state index is 11.9. The molecule has 0 atom stereocenters. The van der Waals surface area contributed by atoms with Crippen molar-refractivity contribution in [2.45, 2.75) is 20.1 Å². The Hall–Kier alpha value is -5.37. The van der Waals surface area contributed by atoms with E-state index in [1.165, 1.54) is 0 Å². The molecule has 0 aliphatic heterocycles. The molecule has 5 rings (SSSR count). The van der Waals surface area contributed by atoms with Crippen LogP contribution in [0.4, 0.5) is 0 Å². The van der Waals surface area contributed by atoms with Gasteiger partial charge in [0.25, 0.3) is 0 Å². The van der Waals surface area contributed by atoms with Crippen molar-refractivity contribution in [2.24, 2.45) is 5.16 Å². The van der Waals surface area contributed by atoms with E-state index >= 15 is 0 Å². The Balaban J connectivity index is 1.18. The van der Waals surface area contributed by atoms with Crippen LogP contribution in [0.15, 0.2) is 119 Å². The maximum Gasteiger partial charge on any atom is 0.358 e. The number of nitrogens with zero attached hydrogens (tertiary/aromatic N) is 2. The normalized spacial score (nSPS) is 11.2. The molecule has 0 spiro atoms. The van der Waals surface area contributed by atoms with Crippen molar-refractivity contribution in [3.05, 3.63) is 132 Å². The van der Waals surface area contributed by atoms with Crippen molar-refractivity contribution in [1.82, 2.24) is 4.98 Å². The van der Waals surface area contributed by atoms with Gasteiger partial charge in [-0.3, -0.25) is 0 Å². The third kappa shape index (κ3) is 6.73. The number of carboxylic acids is 1. The largest absolute Gasteiger partial charge is 0.487 e. The lowest BCUT2D eigenvalue weighted by Gasteiger charge is -2.08. The fourth-order valence-corrected chi connectivity index (χ4v) is 3.82. The lowest BCUT2D eigenvalue weighted by atomic mass is 10.1. The highest BCUT2D eigenvalue weighted by molar-refractivity contribution is 6.42. The number of aromatic nitrogens is 1. The molecule has 40 heavy (non-hydrogen) atoms. The zero-order valence-electron chi connectivity index (χ0n) is 21.7. The lowest BCUT2D eigenvalue weighted by molar-refractivity contribution is -0.129. The smallest absolute Gasteiger partial charge is 0.358 e. The van der Waals surface area contributed by atoms with Gasteiger partial charge in [0, 0.05) is 11.1 Å². The number of para-hydroxylation sites is 1.